The quantitative estimate of drug-likeness (QED) is 0.524. The minimum absolute atomic E-state index is 0.00778. The van der Waals surface area contributed by atoms with Gasteiger partial charge in [0.1, 0.15) is 0 Å². The lowest BCUT2D eigenvalue weighted by Gasteiger charge is -2.09. The number of β-amino-alcohol motifs (C(OH)–C–C–N with tert-alkyl or cyclic N) is 1. The van der Waals surface area contributed by atoms with Gasteiger partial charge in [-0.15, -0.1) is 0 Å². The van der Waals surface area contributed by atoms with Gasteiger partial charge in [-0.3, -0.25) is 4.79 Å². The lowest BCUT2D eigenvalue weighted by molar-refractivity contribution is -0.122. The number of hydrogen-bond donors (Lipinski definition) is 3. The van der Waals surface area contributed by atoms with Crippen molar-refractivity contribution in [3.63, 3.8) is 0 Å². The van der Waals surface area contributed by atoms with Crippen LogP contribution in [0.25, 0.3) is 0 Å². The number of aliphatic hydroxyl groups is 1. The highest BCUT2D eigenvalue weighted by Crippen LogP contribution is 2.05. The summed E-state index contributed by atoms with van der Waals surface area (Å²) >= 11 is 0. The van der Waals surface area contributed by atoms with E-state index in [-0.39, 0.29) is 18.1 Å². The number of amides is 1. The Morgan fingerprint density at radius 3 is 3.00 bits per heavy atom. The number of carbonyl (C=O) groups excluding carboxylic acids is 1. The molecule has 70 valence electrons. The highest BCUT2D eigenvalue weighted by atomic mass is 16.3. The molecule has 1 rings (SSSR count). The number of hydrogen-bond acceptors (Lipinski definition) is 3. The molecule has 12 heavy (non-hydrogen) atoms. The molecule has 1 saturated heterocycles. The van der Waals surface area contributed by atoms with Crippen molar-refractivity contribution in [2.45, 2.75) is 31.9 Å². The van der Waals surface area contributed by atoms with Crippen LogP contribution in [0, 0.1) is 0 Å². The van der Waals surface area contributed by atoms with Crippen LogP contribution in [0.15, 0.2) is 0 Å². The molecule has 0 spiro atoms. The largest absolute Gasteiger partial charge is 0.392 e. The Labute approximate surface area is 72.3 Å². The third-order valence-corrected chi connectivity index (χ3v) is 1.97. The Morgan fingerprint density at radius 2 is 2.50 bits per heavy atom. The van der Waals surface area contributed by atoms with E-state index in [1.807, 2.05) is 6.92 Å². The van der Waals surface area contributed by atoms with Gasteiger partial charge in [0.15, 0.2) is 0 Å². The third kappa shape index (κ3) is 2.46. The van der Waals surface area contributed by atoms with Gasteiger partial charge in [-0.05, 0) is 12.8 Å². The zero-order chi connectivity index (χ0) is 8.97. The van der Waals surface area contributed by atoms with Crippen LogP contribution < -0.4 is 10.6 Å². The molecule has 1 fully saturated rings. The zero-order valence-corrected chi connectivity index (χ0v) is 7.34. The van der Waals surface area contributed by atoms with Crippen LogP contribution in [-0.4, -0.2) is 36.2 Å². The minimum atomic E-state index is -0.359. The Kier molecular flexibility index (Phi) is 3.49. The summed E-state index contributed by atoms with van der Waals surface area (Å²) in [4.78, 5) is 11.3. The number of carbonyl (C=O) groups is 1. The van der Waals surface area contributed by atoms with Gasteiger partial charge in [-0.25, -0.2) is 0 Å². The summed E-state index contributed by atoms with van der Waals surface area (Å²) in [7, 11) is 0. The molecule has 1 aliphatic heterocycles. The Balaban J connectivity index is 2.23. The molecule has 1 unspecified atom stereocenters. The van der Waals surface area contributed by atoms with Gasteiger partial charge < -0.3 is 15.7 Å². The molecular weight excluding hydrogens is 156 g/mol. The molecule has 0 saturated carbocycles. The fraction of sp³-hybridized carbons (Fsp3) is 0.875. The van der Waals surface area contributed by atoms with Gasteiger partial charge >= 0.3 is 0 Å². The predicted octanol–water partition coefficient (Wildman–Crippen LogP) is -0.765. The molecule has 1 aliphatic rings. The van der Waals surface area contributed by atoms with Gasteiger partial charge in [0.25, 0.3) is 0 Å². The van der Waals surface area contributed by atoms with Gasteiger partial charge in [0.2, 0.25) is 5.91 Å². The molecule has 0 bridgehead atoms. The van der Waals surface area contributed by atoms with Gasteiger partial charge in [-0.2, -0.15) is 0 Å². The second-order valence-corrected chi connectivity index (χ2v) is 3.14. The molecule has 0 aliphatic carbocycles. The zero-order valence-electron chi connectivity index (χ0n) is 7.34. The number of aliphatic hydroxyl groups excluding tert-OH is 1. The summed E-state index contributed by atoms with van der Waals surface area (Å²) < 4.78 is 0. The molecule has 4 heteroatoms. The summed E-state index contributed by atoms with van der Waals surface area (Å²) in [6.07, 6.45) is 1.12. The maximum atomic E-state index is 11.3. The molecule has 1 heterocycles. The second-order valence-electron chi connectivity index (χ2n) is 3.14. The smallest absolute Gasteiger partial charge is 0.237 e. The molecule has 2 atom stereocenters. The van der Waals surface area contributed by atoms with E-state index in [1.54, 1.807) is 0 Å². The Morgan fingerprint density at radius 1 is 1.75 bits per heavy atom. The summed E-state index contributed by atoms with van der Waals surface area (Å²) in [5.74, 6) is 0.00778. The summed E-state index contributed by atoms with van der Waals surface area (Å²) in [5, 5.41) is 14.9. The summed E-state index contributed by atoms with van der Waals surface area (Å²) in [6, 6.07) is -0.188. The van der Waals surface area contributed by atoms with Crippen LogP contribution in [0.4, 0.5) is 0 Å². The van der Waals surface area contributed by atoms with Crippen molar-refractivity contribution < 1.29 is 9.90 Å². The first-order valence-electron chi connectivity index (χ1n) is 4.43. The van der Waals surface area contributed by atoms with Crippen molar-refractivity contribution in [1.82, 2.24) is 10.6 Å². The molecule has 1 amide bonds. The normalized spacial score (nSPS) is 28.8. The molecule has 3 N–H and O–H groups in total. The van der Waals surface area contributed by atoms with E-state index in [0.717, 1.165) is 6.42 Å². The molecular formula is C8H16N2O2. The summed E-state index contributed by atoms with van der Waals surface area (Å²) in [6.45, 7) is 3.26. The first kappa shape index (κ1) is 9.48. The molecule has 0 aromatic carbocycles. The highest BCUT2D eigenvalue weighted by Gasteiger charge is 2.27. The minimum Gasteiger partial charge on any atom is -0.392 e. The average molecular weight is 172 g/mol. The van der Waals surface area contributed by atoms with Gasteiger partial charge in [0, 0.05) is 13.1 Å². The number of rotatable bonds is 3. The first-order chi connectivity index (χ1) is 5.74. The van der Waals surface area contributed by atoms with Crippen LogP contribution in [0.3, 0.4) is 0 Å². The van der Waals surface area contributed by atoms with Crippen molar-refractivity contribution in [3.05, 3.63) is 0 Å². The monoisotopic (exact) mass is 172 g/mol. The average Bonchev–Trinajstić information content (AvgIpc) is 2.47. The second kappa shape index (κ2) is 4.42. The fourth-order valence-corrected chi connectivity index (χ4v) is 1.29. The van der Waals surface area contributed by atoms with Crippen molar-refractivity contribution in [2.75, 3.05) is 13.1 Å². The van der Waals surface area contributed by atoms with E-state index in [2.05, 4.69) is 10.6 Å². The molecule has 0 aromatic heterocycles. The van der Waals surface area contributed by atoms with Crippen molar-refractivity contribution in [3.8, 4) is 0 Å². The van der Waals surface area contributed by atoms with Crippen LogP contribution >= 0.6 is 0 Å². The standard InChI is InChI=1S/C8H16N2O2/c1-2-3-9-8(12)7-4-6(11)5-10-7/h6-7,10-11H,2-5H2,1H3,(H,9,12)/t6-,7?/m0/s1. The van der Waals surface area contributed by atoms with Gasteiger partial charge in [0.05, 0.1) is 12.1 Å². The van der Waals surface area contributed by atoms with Crippen LogP contribution in [-0.2, 0) is 4.79 Å². The summed E-state index contributed by atoms with van der Waals surface area (Å²) in [5.41, 5.74) is 0. The lowest BCUT2D eigenvalue weighted by Crippen LogP contribution is -2.40. The van der Waals surface area contributed by atoms with E-state index >= 15 is 0 Å². The van der Waals surface area contributed by atoms with Crippen molar-refractivity contribution in [2.24, 2.45) is 0 Å². The maximum Gasteiger partial charge on any atom is 0.237 e. The van der Waals surface area contributed by atoms with Crippen LogP contribution in [0.1, 0.15) is 19.8 Å². The van der Waals surface area contributed by atoms with Crippen LogP contribution in [0.2, 0.25) is 0 Å². The van der Waals surface area contributed by atoms with Crippen molar-refractivity contribution in [1.29, 1.82) is 0 Å². The highest BCUT2D eigenvalue weighted by molar-refractivity contribution is 5.82. The van der Waals surface area contributed by atoms with E-state index < -0.39 is 0 Å². The number of nitrogens with one attached hydrogen (secondary N) is 2. The topological polar surface area (TPSA) is 61.4 Å². The first-order valence-corrected chi connectivity index (χ1v) is 4.43. The lowest BCUT2D eigenvalue weighted by atomic mass is 10.2. The van der Waals surface area contributed by atoms with E-state index in [0.29, 0.717) is 19.5 Å². The van der Waals surface area contributed by atoms with Gasteiger partial charge in [-0.1, -0.05) is 6.92 Å². The SMILES string of the molecule is CCCNC(=O)C1C[C@H](O)CN1. The van der Waals surface area contributed by atoms with E-state index in [1.165, 1.54) is 0 Å². The van der Waals surface area contributed by atoms with E-state index in [4.69, 9.17) is 5.11 Å². The van der Waals surface area contributed by atoms with Crippen molar-refractivity contribution >= 4 is 5.91 Å². The Hall–Kier alpha value is -0.610. The third-order valence-electron chi connectivity index (χ3n) is 1.97. The Bertz CT molecular complexity index is 161. The molecule has 0 aromatic rings. The molecule has 0 radical (unpaired) electrons. The van der Waals surface area contributed by atoms with Crippen LogP contribution in [0.5, 0.6) is 0 Å². The fourth-order valence-electron chi connectivity index (χ4n) is 1.29. The molecule has 4 nitrogen and oxygen atoms in total. The predicted molar refractivity (Wildman–Crippen MR) is 45.7 cm³/mol. The maximum absolute atomic E-state index is 11.3. The van der Waals surface area contributed by atoms with E-state index in [9.17, 15) is 4.79 Å².